The molecule has 1 saturated carbocycles. The van der Waals surface area contributed by atoms with Gasteiger partial charge in [-0.1, -0.05) is 26.3 Å². The van der Waals surface area contributed by atoms with Crippen LogP contribution in [-0.4, -0.2) is 11.9 Å². The maximum absolute atomic E-state index is 11.1. The maximum atomic E-state index is 11.1. The Hall–Kier alpha value is -1.51. The number of carbonyl (C=O) groups is 1. The van der Waals surface area contributed by atoms with Crippen LogP contribution in [-0.2, 0) is 4.79 Å². The third-order valence-electron chi connectivity index (χ3n) is 4.13. The summed E-state index contributed by atoms with van der Waals surface area (Å²) in [5.74, 6) is -0.0293. The third-order valence-corrected chi connectivity index (χ3v) is 4.13. The first-order chi connectivity index (χ1) is 9.44. The second-order valence-electron chi connectivity index (χ2n) is 6.70. The Kier molecular flexibility index (Phi) is 4.69. The normalized spacial score (nSPS) is 21.9. The molecule has 0 spiro atoms. The van der Waals surface area contributed by atoms with Gasteiger partial charge in [-0.05, 0) is 49.3 Å². The van der Waals surface area contributed by atoms with Crippen LogP contribution in [0.1, 0.15) is 52.9 Å². The Morgan fingerprint density at radius 2 is 1.95 bits per heavy atom. The fourth-order valence-corrected chi connectivity index (χ4v) is 2.93. The van der Waals surface area contributed by atoms with Crippen molar-refractivity contribution in [2.45, 2.75) is 58.9 Å². The molecule has 1 aromatic rings. The molecular weight excluding hydrogens is 248 g/mol. The SMILES string of the molecule is CC(=O)Nc1cccc(NC2CCCC(C)(C)CC2)c1. The van der Waals surface area contributed by atoms with Gasteiger partial charge in [0.15, 0.2) is 0 Å². The van der Waals surface area contributed by atoms with Gasteiger partial charge in [-0.25, -0.2) is 0 Å². The molecule has 3 heteroatoms. The summed E-state index contributed by atoms with van der Waals surface area (Å²) < 4.78 is 0. The number of hydrogen-bond acceptors (Lipinski definition) is 2. The van der Waals surface area contributed by atoms with E-state index in [1.165, 1.54) is 39.0 Å². The minimum absolute atomic E-state index is 0.0293. The molecule has 110 valence electrons. The molecule has 0 aliphatic heterocycles. The molecule has 1 fully saturated rings. The predicted octanol–water partition coefficient (Wildman–Crippen LogP) is 4.42. The van der Waals surface area contributed by atoms with Gasteiger partial charge in [-0.2, -0.15) is 0 Å². The second kappa shape index (κ2) is 6.29. The van der Waals surface area contributed by atoms with Crippen molar-refractivity contribution in [1.29, 1.82) is 0 Å². The van der Waals surface area contributed by atoms with Crippen LogP contribution in [0.5, 0.6) is 0 Å². The highest BCUT2D eigenvalue weighted by molar-refractivity contribution is 5.89. The molecule has 0 bridgehead atoms. The van der Waals surface area contributed by atoms with Gasteiger partial charge in [0.05, 0.1) is 0 Å². The smallest absolute Gasteiger partial charge is 0.221 e. The van der Waals surface area contributed by atoms with Crippen LogP contribution < -0.4 is 10.6 Å². The minimum atomic E-state index is -0.0293. The van der Waals surface area contributed by atoms with Crippen LogP contribution in [0, 0.1) is 5.41 Å². The zero-order valence-electron chi connectivity index (χ0n) is 12.8. The molecule has 20 heavy (non-hydrogen) atoms. The quantitative estimate of drug-likeness (QED) is 0.801. The summed E-state index contributed by atoms with van der Waals surface area (Å²) in [4.78, 5) is 11.1. The van der Waals surface area contributed by atoms with Crippen LogP contribution in [0.4, 0.5) is 11.4 Å². The highest BCUT2D eigenvalue weighted by Crippen LogP contribution is 2.34. The summed E-state index contributed by atoms with van der Waals surface area (Å²) in [5.41, 5.74) is 2.44. The zero-order chi connectivity index (χ0) is 14.6. The number of amides is 1. The third kappa shape index (κ3) is 4.55. The molecule has 1 aromatic carbocycles. The zero-order valence-corrected chi connectivity index (χ0v) is 12.8. The van der Waals surface area contributed by atoms with Crippen molar-refractivity contribution in [3.05, 3.63) is 24.3 Å². The van der Waals surface area contributed by atoms with Gasteiger partial charge >= 0.3 is 0 Å². The Bertz CT molecular complexity index is 468. The number of rotatable bonds is 3. The molecule has 1 aliphatic rings. The molecule has 0 radical (unpaired) electrons. The topological polar surface area (TPSA) is 41.1 Å². The first-order valence-corrected chi connectivity index (χ1v) is 7.59. The molecule has 1 amide bonds. The van der Waals surface area contributed by atoms with Crippen molar-refractivity contribution in [3.63, 3.8) is 0 Å². The van der Waals surface area contributed by atoms with Gasteiger partial charge in [0.2, 0.25) is 5.91 Å². The first-order valence-electron chi connectivity index (χ1n) is 7.59. The number of anilines is 2. The molecule has 1 aliphatic carbocycles. The Labute approximate surface area is 122 Å². The van der Waals surface area contributed by atoms with Crippen LogP contribution >= 0.6 is 0 Å². The summed E-state index contributed by atoms with van der Waals surface area (Å²) in [6.45, 7) is 6.27. The highest BCUT2D eigenvalue weighted by atomic mass is 16.1. The highest BCUT2D eigenvalue weighted by Gasteiger charge is 2.24. The monoisotopic (exact) mass is 274 g/mol. The van der Waals surface area contributed by atoms with Crippen LogP contribution in [0.25, 0.3) is 0 Å². The van der Waals surface area contributed by atoms with E-state index in [2.05, 4.69) is 30.5 Å². The average molecular weight is 274 g/mol. The van der Waals surface area contributed by atoms with Crippen molar-refractivity contribution >= 4 is 17.3 Å². The number of nitrogens with one attached hydrogen (secondary N) is 2. The summed E-state index contributed by atoms with van der Waals surface area (Å²) in [5, 5.41) is 6.45. The van der Waals surface area contributed by atoms with Gasteiger partial charge in [0, 0.05) is 24.3 Å². The minimum Gasteiger partial charge on any atom is -0.382 e. The molecule has 1 unspecified atom stereocenters. The standard InChI is InChI=1S/C17H26N2O/c1-13(20)18-15-6-4-7-16(12-15)19-14-8-5-10-17(2,3)11-9-14/h4,6-7,12,14,19H,5,8-11H2,1-3H3,(H,18,20). The molecule has 0 heterocycles. The lowest BCUT2D eigenvalue weighted by Crippen LogP contribution is -2.19. The van der Waals surface area contributed by atoms with Crippen molar-refractivity contribution in [1.82, 2.24) is 0 Å². The van der Waals surface area contributed by atoms with Crippen LogP contribution in [0.15, 0.2) is 24.3 Å². The first kappa shape index (κ1) is 14.9. The van der Waals surface area contributed by atoms with Gasteiger partial charge in [0.25, 0.3) is 0 Å². The van der Waals surface area contributed by atoms with E-state index in [9.17, 15) is 4.79 Å². The fourth-order valence-electron chi connectivity index (χ4n) is 2.93. The van der Waals surface area contributed by atoms with Gasteiger partial charge in [-0.3, -0.25) is 4.79 Å². The van der Waals surface area contributed by atoms with Crippen molar-refractivity contribution < 1.29 is 4.79 Å². The van der Waals surface area contributed by atoms with Crippen molar-refractivity contribution in [2.75, 3.05) is 10.6 Å². The number of benzene rings is 1. The Morgan fingerprint density at radius 1 is 1.20 bits per heavy atom. The lowest BCUT2D eigenvalue weighted by Gasteiger charge is -2.22. The molecular formula is C17H26N2O. The summed E-state index contributed by atoms with van der Waals surface area (Å²) >= 11 is 0. The van der Waals surface area contributed by atoms with E-state index >= 15 is 0 Å². The molecule has 3 nitrogen and oxygen atoms in total. The second-order valence-corrected chi connectivity index (χ2v) is 6.70. The van der Waals surface area contributed by atoms with Gasteiger partial charge in [0.1, 0.15) is 0 Å². The van der Waals surface area contributed by atoms with E-state index in [1.54, 1.807) is 0 Å². The molecule has 2 N–H and O–H groups in total. The maximum Gasteiger partial charge on any atom is 0.221 e. The van der Waals surface area contributed by atoms with E-state index in [-0.39, 0.29) is 5.91 Å². The van der Waals surface area contributed by atoms with Crippen LogP contribution in [0.2, 0.25) is 0 Å². The van der Waals surface area contributed by atoms with Gasteiger partial charge < -0.3 is 10.6 Å². The average Bonchev–Trinajstić information content (AvgIpc) is 2.51. The Balaban J connectivity index is 1.97. The van der Waals surface area contributed by atoms with Gasteiger partial charge in [-0.15, -0.1) is 0 Å². The molecule has 0 saturated heterocycles. The van der Waals surface area contributed by atoms with E-state index in [0.717, 1.165) is 11.4 Å². The van der Waals surface area contributed by atoms with Crippen molar-refractivity contribution in [3.8, 4) is 0 Å². The molecule has 0 aromatic heterocycles. The number of hydrogen-bond donors (Lipinski definition) is 2. The van der Waals surface area contributed by atoms with E-state index in [1.807, 2.05) is 18.2 Å². The largest absolute Gasteiger partial charge is 0.382 e. The van der Waals surface area contributed by atoms with E-state index in [0.29, 0.717) is 11.5 Å². The lowest BCUT2D eigenvalue weighted by atomic mass is 9.85. The predicted molar refractivity (Wildman–Crippen MR) is 85.0 cm³/mol. The van der Waals surface area contributed by atoms with E-state index < -0.39 is 0 Å². The Morgan fingerprint density at radius 3 is 2.70 bits per heavy atom. The molecule has 2 rings (SSSR count). The summed E-state index contributed by atoms with van der Waals surface area (Å²) in [7, 11) is 0. The number of carbonyl (C=O) groups excluding carboxylic acids is 1. The lowest BCUT2D eigenvalue weighted by molar-refractivity contribution is -0.114. The van der Waals surface area contributed by atoms with Crippen LogP contribution in [0.3, 0.4) is 0 Å². The summed E-state index contributed by atoms with van der Waals surface area (Å²) in [6, 6.07) is 8.53. The summed E-state index contributed by atoms with van der Waals surface area (Å²) in [6.07, 6.45) is 6.33. The van der Waals surface area contributed by atoms with E-state index in [4.69, 9.17) is 0 Å². The fraction of sp³-hybridized carbons (Fsp3) is 0.588. The van der Waals surface area contributed by atoms with Crippen molar-refractivity contribution in [2.24, 2.45) is 5.41 Å². The molecule has 1 atom stereocenters.